The third-order valence-electron chi connectivity index (χ3n) is 2.59. The fourth-order valence-electron chi connectivity index (χ4n) is 1.55. The zero-order valence-corrected chi connectivity index (χ0v) is 9.86. The summed E-state index contributed by atoms with van der Waals surface area (Å²) in [7, 11) is 1.61. The first-order chi connectivity index (χ1) is 7.71. The highest BCUT2D eigenvalue weighted by Crippen LogP contribution is 2.25. The molecule has 0 saturated carbocycles. The summed E-state index contributed by atoms with van der Waals surface area (Å²) in [5.41, 5.74) is 7.44. The van der Waals surface area contributed by atoms with Crippen molar-refractivity contribution in [2.24, 2.45) is 0 Å². The molecule has 90 valence electrons. The number of nitrogens with two attached hydrogens (primary N) is 1. The average Bonchev–Trinajstić information content (AvgIpc) is 2.30. The number of aliphatic hydroxyl groups is 1. The molecule has 4 N–H and O–H groups in total. The zero-order valence-electron chi connectivity index (χ0n) is 9.86. The Morgan fingerprint density at radius 3 is 2.75 bits per heavy atom. The van der Waals surface area contributed by atoms with E-state index in [1.807, 2.05) is 12.1 Å². The minimum Gasteiger partial charge on any atom is -0.497 e. The highest BCUT2D eigenvalue weighted by molar-refractivity contribution is 5.68. The molecule has 0 radical (unpaired) electrons. The topological polar surface area (TPSA) is 67.5 Å². The van der Waals surface area contributed by atoms with E-state index in [0.29, 0.717) is 5.69 Å². The number of methoxy groups -OCH3 is 1. The molecule has 0 saturated heterocycles. The maximum atomic E-state index is 8.91. The summed E-state index contributed by atoms with van der Waals surface area (Å²) in [6.07, 6.45) is 1.67. The maximum absolute atomic E-state index is 8.91. The van der Waals surface area contributed by atoms with Gasteiger partial charge in [-0.1, -0.05) is 6.92 Å². The summed E-state index contributed by atoms with van der Waals surface area (Å²) in [6, 6.07) is 5.80. The van der Waals surface area contributed by atoms with Gasteiger partial charge in [0.2, 0.25) is 0 Å². The van der Waals surface area contributed by atoms with E-state index >= 15 is 0 Å². The number of ether oxygens (including phenoxy) is 1. The van der Waals surface area contributed by atoms with Gasteiger partial charge >= 0.3 is 0 Å². The van der Waals surface area contributed by atoms with E-state index < -0.39 is 0 Å². The Bertz CT molecular complexity index is 329. The molecule has 1 rings (SSSR count). The smallest absolute Gasteiger partial charge is 0.121 e. The highest BCUT2D eigenvalue weighted by atomic mass is 16.5. The Kier molecular flexibility index (Phi) is 4.92. The second-order valence-electron chi connectivity index (χ2n) is 3.71. The molecule has 4 nitrogen and oxygen atoms in total. The van der Waals surface area contributed by atoms with Crippen LogP contribution in [-0.2, 0) is 0 Å². The molecule has 1 aromatic carbocycles. The molecule has 1 unspecified atom stereocenters. The van der Waals surface area contributed by atoms with Gasteiger partial charge in [-0.2, -0.15) is 0 Å². The van der Waals surface area contributed by atoms with E-state index in [4.69, 9.17) is 15.6 Å². The second-order valence-corrected chi connectivity index (χ2v) is 3.71. The lowest BCUT2D eigenvalue weighted by Crippen LogP contribution is -2.20. The molecular formula is C12H20N2O2. The van der Waals surface area contributed by atoms with Gasteiger partial charge in [-0.25, -0.2) is 0 Å². The molecule has 1 atom stereocenters. The molecule has 4 heteroatoms. The molecule has 0 aromatic heterocycles. The van der Waals surface area contributed by atoms with Gasteiger partial charge in [-0.3, -0.25) is 0 Å². The van der Waals surface area contributed by atoms with Crippen molar-refractivity contribution < 1.29 is 9.84 Å². The van der Waals surface area contributed by atoms with E-state index in [-0.39, 0.29) is 12.6 Å². The largest absolute Gasteiger partial charge is 0.497 e. The number of nitrogen functional groups attached to an aromatic ring is 1. The molecule has 0 bridgehead atoms. The Morgan fingerprint density at radius 1 is 1.50 bits per heavy atom. The third kappa shape index (κ3) is 3.31. The van der Waals surface area contributed by atoms with Crippen molar-refractivity contribution in [3.8, 4) is 5.75 Å². The molecular weight excluding hydrogens is 204 g/mol. The number of nitrogens with one attached hydrogen (secondary N) is 1. The van der Waals surface area contributed by atoms with Gasteiger partial charge in [0, 0.05) is 18.7 Å². The zero-order chi connectivity index (χ0) is 12.0. The van der Waals surface area contributed by atoms with Gasteiger partial charge in [0.1, 0.15) is 5.75 Å². The number of aliphatic hydroxyl groups excluding tert-OH is 1. The predicted octanol–water partition coefficient (Wildman–Crippen LogP) is 1.85. The van der Waals surface area contributed by atoms with Crippen molar-refractivity contribution in [3.05, 3.63) is 18.2 Å². The summed E-state index contributed by atoms with van der Waals surface area (Å²) >= 11 is 0. The van der Waals surface area contributed by atoms with Crippen molar-refractivity contribution in [1.29, 1.82) is 0 Å². The van der Waals surface area contributed by atoms with Crippen LogP contribution in [0.5, 0.6) is 5.75 Å². The molecule has 0 heterocycles. The lowest BCUT2D eigenvalue weighted by Gasteiger charge is -2.18. The SMILES string of the molecule is CCC(CCO)Nc1ccc(OC)cc1N. The van der Waals surface area contributed by atoms with E-state index in [2.05, 4.69) is 12.2 Å². The molecule has 1 aromatic rings. The van der Waals surface area contributed by atoms with Crippen LogP contribution in [0.2, 0.25) is 0 Å². The van der Waals surface area contributed by atoms with Gasteiger partial charge < -0.3 is 20.9 Å². The van der Waals surface area contributed by atoms with Crippen molar-refractivity contribution in [2.45, 2.75) is 25.8 Å². The lowest BCUT2D eigenvalue weighted by atomic mass is 10.1. The third-order valence-corrected chi connectivity index (χ3v) is 2.59. The summed E-state index contributed by atoms with van der Waals surface area (Å²) in [6.45, 7) is 2.26. The Balaban J connectivity index is 2.72. The lowest BCUT2D eigenvalue weighted by molar-refractivity contribution is 0.278. The van der Waals surface area contributed by atoms with Crippen molar-refractivity contribution in [1.82, 2.24) is 0 Å². The summed E-state index contributed by atoms with van der Waals surface area (Å²) in [5.74, 6) is 0.748. The molecule has 0 aliphatic heterocycles. The highest BCUT2D eigenvalue weighted by Gasteiger charge is 2.07. The number of rotatable bonds is 6. The van der Waals surface area contributed by atoms with Gasteiger partial charge in [0.15, 0.2) is 0 Å². The number of benzene rings is 1. The van der Waals surface area contributed by atoms with Crippen LogP contribution >= 0.6 is 0 Å². The van der Waals surface area contributed by atoms with Gasteiger partial charge in [0.05, 0.1) is 18.5 Å². The summed E-state index contributed by atoms with van der Waals surface area (Å²) in [5, 5.41) is 12.2. The molecule has 0 spiro atoms. The summed E-state index contributed by atoms with van der Waals surface area (Å²) in [4.78, 5) is 0. The van der Waals surface area contributed by atoms with E-state index in [1.54, 1.807) is 13.2 Å². The average molecular weight is 224 g/mol. The van der Waals surface area contributed by atoms with E-state index in [0.717, 1.165) is 24.3 Å². The molecule has 0 aliphatic carbocycles. The minimum atomic E-state index is 0.182. The molecule has 0 amide bonds. The van der Waals surface area contributed by atoms with Crippen LogP contribution in [0.3, 0.4) is 0 Å². The quantitative estimate of drug-likeness (QED) is 0.645. The van der Waals surface area contributed by atoms with Crippen LogP contribution in [-0.4, -0.2) is 24.9 Å². The van der Waals surface area contributed by atoms with Gasteiger partial charge in [-0.15, -0.1) is 0 Å². The fourth-order valence-corrected chi connectivity index (χ4v) is 1.55. The first-order valence-electron chi connectivity index (χ1n) is 5.52. The summed E-state index contributed by atoms with van der Waals surface area (Å²) < 4.78 is 5.08. The fraction of sp³-hybridized carbons (Fsp3) is 0.500. The predicted molar refractivity (Wildman–Crippen MR) is 66.8 cm³/mol. The van der Waals surface area contributed by atoms with Crippen LogP contribution < -0.4 is 15.8 Å². The van der Waals surface area contributed by atoms with Crippen LogP contribution in [0.25, 0.3) is 0 Å². The first-order valence-corrected chi connectivity index (χ1v) is 5.52. The van der Waals surface area contributed by atoms with E-state index in [9.17, 15) is 0 Å². The van der Waals surface area contributed by atoms with Gasteiger partial charge in [-0.05, 0) is 25.0 Å². The number of anilines is 2. The van der Waals surface area contributed by atoms with Crippen LogP contribution in [0.15, 0.2) is 18.2 Å². The first kappa shape index (κ1) is 12.6. The molecule has 16 heavy (non-hydrogen) atoms. The van der Waals surface area contributed by atoms with Crippen molar-refractivity contribution in [3.63, 3.8) is 0 Å². The van der Waals surface area contributed by atoms with E-state index in [1.165, 1.54) is 0 Å². The Hall–Kier alpha value is -1.42. The van der Waals surface area contributed by atoms with Gasteiger partial charge in [0.25, 0.3) is 0 Å². The van der Waals surface area contributed by atoms with Crippen molar-refractivity contribution >= 4 is 11.4 Å². The van der Waals surface area contributed by atoms with Crippen LogP contribution in [0.4, 0.5) is 11.4 Å². The monoisotopic (exact) mass is 224 g/mol. The normalized spacial score (nSPS) is 12.2. The Labute approximate surface area is 96.4 Å². The van der Waals surface area contributed by atoms with Crippen molar-refractivity contribution in [2.75, 3.05) is 24.8 Å². The maximum Gasteiger partial charge on any atom is 0.121 e. The second kappa shape index (κ2) is 6.23. The number of hydrogen-bond acceptors (Lipinski definition) is 4. The van der Waals surface area contributed by atoms with Crippen LogP contribution in [0, 0.1) is 0 Å². The number of hydrogen-bond donors (Lipinski definition) is 3. The standard InChI is InChI=1S/C12H20N2O2/c1-3-9(6-7-15)14-12-5-4-10(16-2)8-11(12)13/h4-5,8-9,14-15H,3,6-7,13H2,1-2H3. The Morgan fingerprint density at radius 2 is 2.25 bits per heavy atom. The molecule has 0 fully saturated rings. The van der Waals surface area contributed by atoms with Crippen LogP contribution in [0.1, 0.15) is 19.8 Å². The molecule has 0 aliphatic rings. The minimum absolute atomic E-state index is 0.182.